The molecule has 4 aromatic carbocycles. The number of hydrogen-bond acceptors (Lipinski definition) is 3. The molecule has 0 saturated heterocycles. The van der Waals surface area contributed by atoms with Crippen LogP contribution in [0.5, 0.6) is 0 Å². The number of halogens is 1. The summed E-state index contributed by atoms with van der Waals surface area (Å²) in [6, 6.07) is 29.1. The summed E-state index contributed by atoms with van der Waals surface area (Å²) in [5, 5.41) is 10.4. The third kappa shape index (κ3) is 3.38. The molecule has 0 unspecified atom stereocenters. The van der Waals surface area contributed by atoms with Crippen LogP contribution in [0.4, 0.5) is 5.69 Å². The molecule has 0 aliphatic carbocycles. The first kappa shape index (κ1) is 20.4. The molecule has 0 aliphatic heterocycles. The minimum Gasteiger partial charge on any atom is -0.322 e. The van der Waals surface area contributed by atoms with Crippen LogP contribution in [-0.4, -0.2) is 20.5 Å². The number of fused-ring (bicyclic) bond motifs is 5. The van der Waals surface area contributed by atoms with Crippen LogP contribution in [0.2, 0.25) is 5.02 Å². The number of aryl methyl sites for hydroxylation is 1. The monoisotopic (exact) mass is 462 g/mol. The lowest BCUT2D eigenvalue weighted by molar-refractivity contribution is 0.102. The molecule has 6 aromatic rings. The van der Waals surface area contributed by atoms with Crippen molar-refractivity contribution in [2.45, 2.75) is 6.92 Å². The standard InChI is InChI=1S/C28H19ClN4O/c1-17-10-12-18(13-11-17)26-20-6-2-3-7-21(20)27-31-24-15-14-19(16-25(24)33(27)32-26)30-28(34)22-8-4-5-9-23(22)29/h2-16H,1H3,(H,30,34). The van der Waals surface area contributed by atoms with E-state index in [1.54, 1.807) is 24.3 Å². The maximum Gasteiger partial charge on any atom is 0.257 e. The lowest BCUT2D eigenvalue weighted by Crippen LogP contribution is -2.12. The second-order valence-electron chi connectivity index (χ2n) is 8.24. The number of nitrogens with one attached hydrogen (secondary N) is 1. The Balaban J connectivity index is 1.53. The third-order valence-corrected chi connectivity index (χ3v) is 6.28. The maximum absolute atomic E-state index is 12.8. The molecule has 1 N–H and O–H groups in total. The molecule has 0 bridgehead atoms. The molecular formula is C28H19ClN4O. The fraction of sp³-hybridized carbons (Fsp3) is 0.0357. The molecule has 0 atom stereocenters. The van der Waals surface area contributed by atoms with Gasteiger partial charge in [0.1, 0.15) is 0 Å². The lowest BCUT2D eigenvalue weighted by atomic mass is 10.0. The van der Waals surface area contributed by atoms with Gasteiger partial charge in [0.05, 0.1) is 27.3 Å². The quantitative estimate of drug-likeness (QED) is 0.310. The highest BCUT2D eigenvalue weighted by Crippen LogP contribution is 2.32. The van der Waals surface area contributed by atoms with E-state index in [2.05, 4.69) is 48.6 Å². The number of carbonyl (C=O) groups is 1. The Labute approximate surface area is 200 Å². The van der Waals surface area contributed by atoms with Crippen LogP contribution in [0.3, 0.4) is 0 Å². The summed E-state index contributed by atoms with van der Waals surface area (Å²) in [6.45, 7) is 2.07. The summed E-state index contributed by atoms with van der Waals surface area (Å²) in [5.74, 6) is -0.266. The minimum absolute atomic E-state index is 0.266. The number of carbonyl (C=O) groups excluding carboxylic acids is 1. The van der Waals surface area contributed by atoms with Gasteiger partial charge in [0.15, 0.2) is 5.65 Å². The highest BCUT2D eigenvalue weighted by molar-refractivity contribution is 6.34. The largest absolute Gasteiger partial charge is 0.322 e. The zero-order valence-corrected chi connectivity index (χ0v) is 19.0. The average molecular weight is 463 g/mol. The second kappa shape index (κ2) is 7.97. The molecule has 5 nitrogen and oxygen atoms in total. The summed E-state index contributed by atoms with van der Waals surface area (Å²) in [7, 11) is 0. The molecule has 0 fully saturated rings. The van der Waals surface area contributed by atoms with Crippen molar-refractivity contribution in [1.82, 2.24) is 14.6 Å². The second-order valence-corrected chi connectivity index (χ2v) is 8.65. The number of amides is 1. The predicted octanol–water partition coefficient (Wildman–Crippen LogP) is 6.92. The number of hydrogen-bond donors (Lipinski definition) is 1. The fourth-order valence-corrected chi connectivity index (χ4v) is 4.44. The highest BCUT2D eigenvalue weighted by Gasteiger charge is 2.16. The van der Waals surface area contributed by atoms with Crippen LogP contribution in [-0.2, 0) is 0 Å². The van der Waals surface area contributed by atoms with Crippen LogP contribution >= 0.6 is 11.6 Å². The molecule has 0 radical (unpaired) electrons. The van der Waals surface area contributed by atoms with E-state index in [1.165, 1.54) is 5.56 Å². The van der Waals surface area contributed by atoms with Crippen LogP contribution in [0.1, 0.15) is 15.9 Å². The Morgan fingerprint density at radius 3 is 2.41 bits per heavy atom. The topological polar surface area (TPSA) is 59.3 Å². The van der Waals surface area contributed by atoms with Crippen molar-refractivity contribution in [3.05, 3.63) is 107 Å². The van der Waals surface area contributed by atoms with Crippen LogP contribution in [0, 0.1) is 6.92 Å². The van der Waals surface area contributed by atoms with Crippen molar-refractivity contribution in [1.29, 1.82) is 0 Å². The summed E-state index contributed by atoms with van der Waals surface area (Å²) in [6.07, 6.45) is 0. The Hall–Kier alpha value is -4.22. The van der Waals surface area contributed by atoms with Gasteiger partial charge >= 0.3 is 0 Å². The first-order chi connectivity index (χ1) is 16.6. The van der Waals surface area contributed by atoms with Crippen molar-refractivity contribution in [2.75, 3.05) is 5.32 Å². The normalized spacial score (nSPS) is 11.4. The number of anilines is 1. The van der Waals surface area contributed by atoms with Gasteiger partial charge in [0.2, 0.25) is 0 Å². The van der Waals surface area contributed by atoms with E-state index in [0.717, 1.165) is 38.7 Å². The summed E-state index contributed by atoms with van der Waals surface area (Å²) < 4.78 is 1.86. The number of rotatable bonds is 3. The molecule has 0 spiro atoms. The Morgan fingerprint density at radius 1 is 0.882 bits per heavy atom. The molecule has 6 heteroatoms. The van der Waals surface area contributed by atoms with Gasteiger partial charge in [-0.05, 0) is 37.3 Å². The Kier molecular flexibility index (Phi) is 4.78. The van der Waals surface area contributed by atoms with Crippen LogP contribution in [0.25, 0.3) is 38.7 Å². The fourth-order valence-electron chi connectivity index (χ4n) is 4.22. The van der Waals surface area contributed by atoms with Crippen molar-refractivity contribution < 1.29 is 4.79 Å². The Bertz CT molecular complexity index is 1720. The summed E-state index contributed by atoms with van der Waals surface area (Å²) in [4.78, 5) is 17.6. The number of benzene rings is 4. The van der Waals surface area contributed by atoms with Gasteiger partial charge in [-0.3, -0.25) is 4.79 Å². The molecule has 1 amide bonds. The smallest absolute Gasteiger partial charge is 0.257 e. The molecule has 6 rings (SSSR count). The molecule has 34 heavy (non-hydrogen) atoms. The van der Waals surface area contributed by atoms with Crippen molar-refractivity contribution in [2.24, 2.45) is 0 Å². The molecule has 2 aromatic heterocycles. The van der Waals surface area contributed by atoms with E-state index in [0.29, 0.717) is 16.3 Å². The number of aromatic nitrogens is 3. The third-order valence-electron chi connectivity index (χ3n) is 5.96. The van der Waals surface area contributed by atoms with Gasteiger partial charge in [-0.15, -0.1) is 0 Å². The SMILES string of the molecule is Cc1ccc(-c2nn3c4cc(NC(=O)c5ccccc5Cl)ccc4nc3c3ccccc23)cc1. The van der Waals surface area contributed by atoms with E-state index < -0.39 is 0 Å². The van der Waals surface area contributed by atoms with Crippen molar-refractivity contribution >= 4 is 50.6 Å². The van der Waals surface area contributed by atoms with Gasteiger partial charge in [-0.1, -0.05) is 77.8 Å². The lowest BCUT2D eigenvalue weighted by Gasteiger charge is -2.09. The van der Waals surface area contributed by atoms with E-state index in [9.17, 15) is 4.79 Å². The van der Waals surface area contributed by atoms with Crippen LogP contribution in [0.15, 0.2) is 91.0 Å². The van der Waals surface area contributed by atoms with Gasteiger partial charge in [-0.25, -0.2) is 9.50 Å². The highest BCUT2D eigenvalue weighted by atomic mass is 35.5. The van der Waals surface area contributed by atoms with Crippen molar-refractivity contribution in [3.63, 3.8) is 0 Å². The average Bonchev–Trinajstić information content (AvgIpc) is 3.22. The number of imidazole rings is 1. The molecule has 2 heterocycles. The van der Waals surface area contributed by atoms with E-state index in [4.69, 9.17) is 21.7 Å². The van der Waals surface area contributed by atoms with E-state index in [-0.39, 0.29) is 5.91 Å². The zero-order valence-electron chi connectivity index (χ0n) is 18.3. The maximum atomic E-state index is 12.8. The summed E-state index contributed by atoms with van der Waals surface area (Å²) >= 11 is 6.20. The van der Waals surface area contributed by atoms with Crippen LogP contribution < -0.4 is 5.32 Å². The zero-order chi connectivity index (χ0) is 23.2. The molecule has 0 aliphatic rings. The summed E-state index contributed by atoms with van der Waals surface area (Å²) in [5.41, 5.74) is 6.57. The van der Waals surface area contributed by atoms with Gasteiger partial charge in [-0.2, -0.15) is 5.10 Å². The molecule has 0 saturated carbocycles. The minimum atomic E-state index is -0.266. The van der Waals surface area contributed by atoms with E-state index >= 15 is 0 Å². The molecular weight excluding hydrogens is 444 g/mol. The van der Waals surface area contributed by atoms with Gasteiger partial charge in [0.25, 0.3) is 5.91 Å². The molecule has 164 valence electrons. The predicted molar refractivity (Wildman–Crippen MR) is 138 cm³/mol. The first-order valence-corrected chi connectivity index (χ1v) is 11.3. The van der Waals surface area contributed by atoms with Gasteiger partial charge < -0.3 is 5.32 Å². The van der Waals surface area contributed by atoms with Crippen molar-refractivity contribution in [3.8, 4) is 11.3 Å². The van der Waals surface area contributed by atoms with E-state index in [1.807, 2.05) is 34.8 Å². The van der Waals surface area contributed by atoms with Gasteiger partial charge in [0, 0.05) is 22.0 Å². The Morgan fingerprint density at radius 2 is 1.62 bits per heavy atom. The number of nitrogens with zero attached hydrogens (tertiary/aromatic N) is 3. The first-order valence-electron chi connectivity index (χ1n) is 10.9.